The maximum absolute atomic E-state index is 16.6. The molecule has 2 aromatic carbocycles. The van der Waals surface area contributed by atoms with Crippen molar-refractivity contribution in [2.75, 3.05) is 37.7 Å². The molecule has 43 heavy (non-hydrogen) atoms. The molecular formula is C33H29F2N5O3. The molecule has 0 aliphatic carbocycles. The van der Waals surface area contributed by atoms with Crippen molar-refractivity contribution in [2.45, 2.75) is 37.6 Å². The molecule has 8 nitrogen and oxygen atoms in total. The number of hydrogen-bond donors (Lipinski definition) is 1. The van der Waals surface area contributed by atoms with Crippen molar-refractivity contribution in [3.63, 3.8) is 0 Å². The first-order valence-electron chi connectivity index (χ1n) is 14.4. The van der Waals surface area contributed by atoms with Crippen LogP contribution in [0.15, 0.2) is 42.6 Å². The number of carbonyl (C=O) groups excluding carboxylic acids is 1. The van der Waals surface area contributed by atoms with Crippen LogP contribution in [0.5, 0.6) is 11.8 Å². The lowest BCUT2D eigenvalue weighted by atomic mass is 9.95. The van der Waals surface area contributed by atoms with Crippen LogP contribution in [0.3, 0.4) is 0 Å². The molecular weight excluding hydrogens is 552 g/mol. The molecule has 5 heterocycles. The highest BCUT2D eigenvalue weighted by Crippen LogP contribution is 2.40. The molecule has 7 rings (SSSR count). The zero-order valence-electron chi connectivity index (χ0n) is 23.4. The number of nitrogens with zero attached hydrogens (tertiary/aromatic N) is 5. The quantitative estimate of drug-likeness (QED) is 0.256. The third-order valence-electron chi connectivity index (χ3n) is 8.80. The number of ether oxygens (including phenoxy) is 1. The average Bonchev–Trinajstić information content (AvgIpc) is 3.37. The number of benzene rings is 2. The largest absolute Gasteiger partial charge is 0.508 e. The summed E-state index contributed by atoms with van der Waals surface area (Å²) in [4.78, 5) is 30.2. The summed E-state index contributed by atoms with van der Waals surface area (Å²) in [5, 5.41) is 11.6. The summed E-state index contributed by atoms with van der Waals surface area (Å²) in [5.74, 6) is 1.50. The second-order valence-corrected chi connectivity index (χ2v) is 11.5. The summed E-state index contributed by atoms with van der Waals surface area (Å²) in [6.45, 7) is 2.79. The van der Waals surface area contributed by atoms with E-state index in [-0.39, 0.29) is 51.9 Å². The number of anilines is 1. The molecule has 0 saturated carbocycles. The number of aromatic nitrogens is 3. The standard InChI is InChI=1S/C33H29F2N5O3/c1-2-23-26(34)9-8-20-14-21(41)15-24(27(20)23)29-28(35)30-25(17-36-29)31(39-11-5-3-4-6-12-39)38-32(37-30)43-19-33-10-7-13-40(33)18-22(42)16-33/h1,3-4,8-9,14-15,17,41H,5-7,10-13,16,18-19H2/t33-/m1/s1. The van der Waals surface area contributed by atoms with Gasteiger partial charge in [-0.2, -0.15) is 9.97 Å². The second-order valence-electron chi connectivity index (χ2n) is 11.5. The SMILES string of the molecule is C#Cc1c(F)ccc2cc(O)cc(-c3ncc4c(N5CCC=CCC5)nc(OC[C@]56CCCN5CC(=O)C6)nc4c3F)c12. The van der Waals surface area contributed by atoms with Crippen molar-refractivity contribution in [3.8, 4) is 35.4 Å². The van der Waals surface area contributed by atoms with E-state index in [1.165, 1.54) is 30.5 Å². The lowest BCUT2D eigenvalue weighted by Crippen LogP contribution is -2.43. The molecule has 2 fully saturated rings. The number of phenolic OH excluding ortho intramolecular Hbond substituents is 1. The summed E-state index contributed by atoms with van der Waals surface area (Å²) in [5.41, 5.74) is -0.454. The Hall–Kier alpha value is -4.62. The highest BCUT2D eigenvalue weighted by Gasteiger charge is 2.48. The number of pyridine rings is 1. The molecule has 2 saturated heterocycles. The number of aromatic hydroxyl groups is 1. The van der Waals surface area contributed by atoms with Crippen molar-refractivity contribution in [1.82, 2.24) is 19.9 Å². The van der Waals surface area contributed by atoms with E-state index in [9.17, 15) is 14.3 Å². The molecule has 4 aromatic rings. The van der Waals surface area contributed by atoms with Crippen LogP contribution in [-0.4, -0.2) is 69.1 Å². The van der Waals surface area contributed by atoms with E-state index in [1.807, 2.05) is 0 Å². The molecule has 0 spiro atoms. The monoisotopic (exact) mass is 581 g/mol. The molecule has 3 aliphatic rings. The van der Waals surface area contributed by atoms with Crippen LogP contribution in [0.1, 0.15) is 37.7 Å². The van der Waals surface area contributed by atoms with Crippen LogP contribution in [0.4, 0.5) is 14.6 Å². The first kappa shape index (κ1) is 27.2. The first-order valence-corrected chi connectivity index (χ1v) is 14.4. The Morgan fingerprint density at radius 2 is 1.93 bits per heavy atom. The van der Waals surface area contributed by atoms with Gasteiger partial charge in [0.05, 0.1) is 23.0 Å². The fourth-order valence-electron chi connectivity index (χ4n) is 6.78. The highest BCUT2D eigenvalue weighted by atomic mass is 19.1. The van der Waals surface area contributed by atoms with Crippen molar-refractivity contribution in [2.24, 2.45) is 0 Å². The van der Waals surface area contributed by atoms with Gasteiger partial charge >= 0.3 is 6.01 Å². The number of terminal acetylenes is 1. The van der Waals surface area contributed by atoms with Crippen molar-refractivity contribution >= 4 is 33.3 Å². The molecule has 0 amide bonds. The van der Waals surface area contributed by atoms with Gasteiger partial charge < -0.3 is 14.7 Å². The summed E-state index contributed by atoms with van der Waals surface area (Å²) >= 11 is 0. The molecule has 1 atom stereocenters. The minimum absolute atomic E-state index is 0.00690. The van der Waals surface area contributed by atoms with E-state index in [0.717, 1.165) is 32.2 Å². The van der Waals surface area contributed by atoms with Crippen molar-refractivity contribution in [1.29, 1.82) is 0 Å². The topological polar surface area (TPSA) is 91.7 Å². The summed E-state index contributed by atoms with van der Waals surface area (Å²) in [6, 6.07) is 5.47. The molecule has 3 aliphatic heterocycles. The molecule has 0 radical (unpaired) electrons. The number of hydrogen-bond acceptors (Lipinski definition) is 8. The van der Waals surface area contributed by atoms with Crippen LogP contribution >= 0.6 is 0 Å². The number of fused-ring (bicyclic) bond motifs is 3. The fourth-order valence-corrected chi connectivity index (χ4v) is 6.78. The van der Waals surface area contributed by atoms with E-state index >= 15 is 4.39 Å². The molecule has 218 valence electrons. The first-order chi connectivity index (χ1) is 20.9. The van der Waals surface area contributed by atoms with E-state index in [4.69, 9.17) is 16.1 Å². The van der Waals surface area contributed by atoms with Crippen LogP contribution in [0.2, 0.25) is 0 Å². The lowest BCUT2D eigenvalue weighted by Gasteiger charge is -2.30. The van der Waals surface area contributed by atoms with Gasteiger partial charge in [-0.1, -0.05) is 24.1 Å². The van der Waals surface area contributed by atoms with Crippen LogP contribution in [0.25, 0.3) is 32.9 Å². The van der Waals surface area contributed by atoms with Crippen LogP contribution in [0, 0.1) is 24.0 Å². The number of carbonyl (C=O) groups is 1. The van der Waals surface area contributed by atoms with Gasteiger partial charge in [0.15, 0.2) is 5.82 Å². The number of ketones is 1. The number of phenols is 1. The molecule has 0 unspecified atom stereocenters. The van der Waals surface area contributed by atoms with Crippen LogP contribution < -0.4 is 9.64 Å². The minimum atomic E-state index is -0.769. The maximum atomic E-state index is 16.6. The molecule has 0 bridgehead atoms. The number of rotatable bonds is 5. The third kappa shape index (κ3) is 4.64. The van der Waals surface area contributed by atoms with Gasteiger partial charge in [-0.15, -0.1) is 6.42 Å². The molecule has 2 aromatic heterocycles. The smallest absolute Gasteiger partial charge is 0.319 e. The highest BCUT2D eigenvalue weighted by molar-refractivity contribution is 6.03. The summed E-state index contributed by atoms with van der Waals surface area (Å²) in [7, 11) is 0. The van der Waals surface area contributed by atoms with Gasteiger partial charge in [0.1, 0.15) is 41.0 Å². The van der Waals surface area contributed by atoms with E-state index in [0.29, 0.717) is 42.6 Å². The Bertz CT molecular complexity index is 1860. The fraction of sp³-hybridized carbons (Fsp3) is 0.333. The van der Waals surface area contributed by atoms with Gasteiger partial charge in [0, 0.05) is 36.7 Å². The molecule has 10 heteroatoms. The Kier molecular flexibility index (Phi) is 6.70. The maximum Gasteiger partial charge on any atom is 0.319 e. The predicted molar refractivity (Wildman–Crippen MR) is 159 cm³/mol. The summed E-state index contributed by atoms with van der Waals surface area (Å²) in [6.07, 6.45) is 15.2. The van der Waals surface area contributed by atoms with Gasteiger partial charge in [0.25, 0.3) is 0 Å². The second kappa shape index (κ2) is 10.6. The number of Topliss-reactive ketones (excluding diaryl/α,β-unsaturated/α-hetero) is 1. The average molecular weight is 582 g/mol. The summed E-state index contributed by atoms with van der Waals surface area (Å²) < 4.78 is 37.6. The van der Waals surface area contributed by atoms with Gasteiger partial charge in [-0.3, -0.25) is 14.7 Å². The van der Waals surface area contributed by atoms with E-state index in [1.54, 1.807) is 0 Å². The zero-order valence-corrected chi connectivity index (χ0v) is 23.4. The molecule has 1 N–H and O–H groups in total. The lowest BCUT2D eigenvalue weighted by molar-refractivity contribution is -0.117. The van der Waals surface area contributed by atoms with E-state index < -0.39 is 17.2 Å². The van der Waals surface area contributed by atoms with Gasteiger partial charge in [-0.05, 0) is 55.8 Å². The Labute approximate surface area is 247 Å². The number of halogens is 2. The normalized spacial score (nSPS) is 20.5. The van der Waals surface area contributed by atoms with Crippen molar-refractivity contribution in [3.05, 3.63) is 59.8 Å². The van der Waals surface area contributed by atoms with Gasteiger partial charge in [0.2, 0.25) is 0 Å². The van der Waals surface area contributed by atoms with Crippen molar-refractivity contribution < 1.29 is 23.4 Å². The zero-order chi connectivity index (χ0) is 29.7. The van der Waals surface area contributed by atoms with Crippen LogP contribution in [-0.2, 0) is 4.79 Å². The van der Waals surface area contributed by atoms with Gasteiger partial charge in [-0.25, -0.2) is 8.78 Å². The minimum Gasteiger partial charge on any atom is -0.508 e. The van der Waals surface area contributed by atoms with E-state index in [2.05, 4.69) is 37.8 Å². The predicted octanol–water partition coefficient (Wildman–Crippen LogP) is 5.15. The third-order valence-corrected chi connectivity index (χ3v) is 8.80. The Morgan fingerprint density at radius 3 is 2.72 bits per heavy atom. The Balaban J connectivity index is 1.38. The Morgan fingerprint density at radius 1 is 1.12 bits per heavy atom.